The van der Waals surface area contributed by atoms with E-state index < -0.39 is 0 Å². The highest BCUT2D eigenvalue weighted by Crippen LogP contribution is 2.39. The van der Waals surface area contributed by atoms with Crippen molar-refractivity contribution in [3.8, 4) is 11.5 Å². The molecule has 8 nitrogen and oxygen atoms in total. The summed E-state index contributed by atoms with van der Waals surface area (Å²) in [4.78, 5) is 32.2. The average Bonchev–Trinajstić information content (AvgIpc) is 3.52. The van der Waals surface area contributed by atoms with Crippen molar-refractivity contribution in [2.24, 2.45) is 0 Å². The number of para-hydroxylation sites is 1. The van der Waals surface area contributed by atoms with Crippen LogP contribution in [-0.4, -0.2) is 34.7 Å². The highest BCUT2D eigenvalue weighted by Gasteiger charge is 2.29. The first-order valence-electron chi connectivity index (χ1n) is 10.5. The van der Waals surface area contributed by atoms with Gasteiger partial charge in [0.1, 0.15) is 6.54 Å². The molecule has 0 aliphatic heterocycles. The number of hydrogen-bond donors (Lipinski definition) is 1. The monoisotopic (exact) mass is 429 g/mol. The number of amides is 1. The van der Waals surface area contributed by atoms with Gasteiger partial charge in [0.2, 0.25) is 5.91 Å². The zero-order chi connectivity index (χ0) is 22.2. The molecule has 0 saturated heterocycles. The lowest BCUT2D eigenvalue weighted by atomic mass is 10.1. The Morgan fingerprint density at radius 1 is 1.16 bits per heavy atom. The summed E-state index contributed by atoms with van der Waals surface area (Å²) in [5, 5.41) is 7.70. The third-order valence-electron chi connectivity index (χ3n) is 5.60. The van der Waals surface area contributed by atoms with E-state index in [-0.39, 0.29) is 18.0 Å². The molecule has 1 amide bonds. The molecule has 0 atom stereocenters. The van der Waals surface area contributed by atoms with Gasteiger partial charge in [-0.2, -0.15) is 4.98 Å². The number of pyridine rings is 1. The van der Waals surface area contributed by atoms with Gasteiger partial charge >= 0.3 is 0 Å². The Morgan fingerprint density at radius 2 is 1.91 bits per heavy atom. The summed E-state index contributed by atoms with van der Waals surface area (Å²) in [5.74, 6) is 1.09. The maximum Gasteiger partial charge on any atom is 0.258 e. The predicted molar refractivity (Wildman–Crippen MR) is 123 cm³/mol. The maximum atomic E-state index is 13.0. The van der Waals surface area contributed by atoms with Crippen molar-refractivity contribution in [2.45, 2.75) is 25.3 Å². The van der Waals surface area contributed by atoms with Gasteiger partial charge in [-0.25, -0.2) is 0 Å². The Labute approximate surface area is 184 Å². The molecule has 2 heterocycles. The Balaban J connectivity index is 1.44. The van der Waals surface area contributed by atoms with Crippen LogP contribution < -0.4 is 15.8 Å². The van der Waals surface area contributed by atoms with Crippen molar-refractivity contribution >= 4 is 28.2 Å². The molecule has 1 saturated carbocycles. The van der Waals surface area contributed by atoms with Crippen molar-refractivity contribution in [1.82, 2.24) is 14.7 Å². The minimum absolute atomic E-state index is 0.105. The molecule has 2 aromatic carbocycles. The van der Waals surface area contributed by atoms with Crippen LogP contribution in [0.3, 0.4) is 0 Å². The van der Waals surface area contributed by atoms with Gasteiger partial charge in [0.05, 0.1) is 11.1 Å². The normalized spacial score (nSPS) is 13.3. The molecule has 32 heavy (non-hydrogen) atoms. The van der Waals surface area contributed by atoms with Crippen LogP contribution in [0.15, 0.2) is 63.9 Å². The number of hydrogen-bond acceptors (Lipinski definition) is 6. The fourth-order valence-electron chi connectivity index (χ4n) is 3.71. The topological polar surface area (TPSA) is 93.3 Å². The number of fused-ring (bicyclic) bond motifs is 1. The maximum absolute atomic E-state index is 13.0. The van der Waals surface area contributed by atoms with Crippen LogP contribution in [-0.2, 0) is 11.3 Å². The highest BCUT2D eigenvalue weighted by atomic mass is 16.5. The van der Waals surface area contributed by atoms with E-state index in [1.165, 1.54) is 10.6 Å². The molecule has 5 rings (SSSR count). The summed E-state index contributed by atoms with van der Waals surface area (Å²) in [6.45, 7) is -0.105. The summed E-state index contributed by atoms with van der Waals surface area (Å²) in [5.41, 5.74) is 2.63. The van der Waals surface area contributed by atoms with Gasteiger partial charge in [0.15, 0.2) is 5.82 Å². The SMILES string of the molecule is CN(C)c1ccc(NC(=O)Cn2c(=O)cc(-c3nc(C4CC4)no3)c3ccccc32)cc1. The number of nitrogens with zero attached hydrogens (tertiary/aromatic N) is 4. The zero-order valence-corrected chi connectivity index (χ0v) is 17.9. The minimum Gasteiger partial charge on any atom is -0.378 e. The van der Waals surface area contributed by atoms with Gasteiger partial charge in [-0.15, -0.1) is 0 Å². The van der Waals surface area contributed by atoms with E-state index in [9.17, 15) is 9.59 Å². The largest absolute Gasteiger partial charge is 0.378 e. The van der Waals surface area contributed by atoms with Gasteiger partial charge in [0.25, 0.3) is 11.4 Å². The molecule has 8 heteroatoms. The van der Waals surface area contributed by atoms with Gasteiger partial charge in [-0.3, -0.25) is 14.2 Å². The lowest BCUT2D eigenvalue weighted by molar-refractivity contribution is -0.116. The second-order valence-electron chi connectivity index (χ2n) is 8.22. The van der Waals surface area contributed by atoms with Crippen molar-refractivity contribution in [2.75, 3.05) is 24.3 Å². The minimum atomic E-state index is -0.303. The van der Waals surface area contributed by atoms with Crippen LogP contribution in [0.2, 0.25) is 0 Å². The number of nitrogens with one attached hydrogen (secondary N) is 1. The van der Waals surface area contributed by atoms with Gasteiger partial charge in [-0.05, 0) is 43.2 Å². The first-order chi connectivity index (χ1) is 15.5. The van der Waals surface area contributed by atoms with E-state index in [1.54, 1.807) is 0 Å². The standard InChI is InChI=1S/C24H23N5O3/c1-28(2)17-11-9-16(10-12-17)25-21(30)14-29-20-6-4-3-5-18(20)19(13-22(29)31)24-26-23(27-32-24)15-7-8-15/h3-6,9-13,15H,7-8,14H2,1-2H3,(H,25,30). The molecule has 1 aliphatic rings. The molecule has 162 valence electrons. The summed E-state index contributed by atoms with van der Waals surface area (Å²) < 4.78 is 6.91. The number of rotatable bonds is 6. The molecule has 1 N–H and O–H groups in total. The lowest BCUT2D eigenvalue weighted by Crippen LogP contribution is -2.27. The third kappa shape index (κ3) is 3.87. The van der Waals surface area contributed by atoms with E-state index in [4.69, 9.17) is 4.52 Å². The van der Waals surface area contributed by atoms with E-state index in [0.29, 0.717) is 34.4 Å². The summed E-state index contributed by atoms with van der Waals surface area (Å²) in [6.07, 6.45) is 2.13. The van der Waals surface area contributed by atoms with Crippen LogP contribution in [0, 0.1) is 0 Å². The van der Waals surface area contributed by atoms with Gasteiger partial charge in [-0.1, -0.05) is 23.4 Å². The van der Waals surface area contributed by atoms with Crippen LogP contribution in [0.25, 0.3) is 22.4 Å². The molecule has 0 bridgehead atoms. The first kappa shape index (κ1) is 20.0. The van der Waals surface area contributed by atoms with Crippen LogP contribution in [0.4, 0.5) is 11.4 Å². The Morgan fingerprint density at radius 3 is 2.62 bits per heavy atom. The van der Waals surface area contributed by atoms with E-state index in [0.717, 1.165) is 23.9 Å². The quantitative estimate of drug-likeness (QED) is 0.503. The number of carbonyl (C=O) groups excluding carboxylic acids is 1. The molecule has 0 radical (unpaired) electrons. The number of carbonyl (C=O) groups is 1. The fourth-order valence-corrected chi connectivity index (χ4v) is 3.71. The van der Waals surface area contributed by atoms with Crippen molar-refractivity contribution < 1.29 is 9.32 Å². The smallest absolute Gasteiger partial charge is 0.258 e. The lowest BCUT2D eigenvalue weighted by Gasteiger charge is -2.14. The number of aromatic nitrogens is 3. The highest BCUT2D eigenvalue weighted by molar-refractivity contribution is 5.95. The average molecular weight is 429 g/mol. The molecule has 1 fully saturated rings. The predicted octanol–water partition coefficient (Wildman–Crippen LogP) is 3.63. The van der Waals surface area contributed by atoms with Crippen molar-refractivity contribution in [3.05, 3.63) is 70.8 Å². The second kappa shape index (κ2) is 7.96. The Hall–Kier alpha value is -3.94. The van der Waals surface area contributed by atoms with Crippen LogP contribution >= 0.6 is 0 Å². The molecule has 0 unspecified atom stereocenters. The first-order valence-corrected chi connectivity index (χ1v) is 10.5. The molecule has 1 aliphatic carbocycles. The number of anilines is 2. The Kier molecular flexibility index (Phi) is 4.97. The second-order valence-corrected chi connectivity index (χ2v) is 8.22. The van der Waals surface area contributed by atoms with E-state index in [2.05, 4.69) is 15.5 Å². The van der Waals surface area contributed by atoms with Gasteiger partial charge < -0.3 is 14.7 Å². The zero-order valence-electron chi connectivity index (χ0n) is 17.9. The van der Waals surface area contributed by atoms with Crippen molar-refractivity contribution in [3.63, 3.8) is 0 Å². The third-order valence-corrected chi connectivity index (χ3v) is 5.60. The molecular weight excluding hydrogens is 406 g/mol. The fraction of sp³-hybridized carbons (Fsp3) is 0.250. The van der Waals surface area contributed by atoms with Crippen LogP contribution in [0.5, 0.6) is 0 Å². The summed E-state index contributed by atoms with van der Waals surface area (Å²) in [6, 6.07) is 16.4. The molecule has 4 aromatic rings. The molecule has 0 spiro atoms. The summed E-state index contributed by atoms with van der Waals surface area (Å²) >= 11 is 0. The summed E-state index contributed by atoms with van der Waals surface area (Å²) in [7, 11) is 3.91. The van der Waals surface area contributed by atoms with Gasteiger partial charge in [0, 0.05) is 42.8 Å². The van der Waals surface area contributed by atoms with Crippen molar-refractivity contribution in [1.29, 1.82) is 0 Å². The van der Waals surface area contributed by atoms with E-state index in [1.807, 2.05) is 67.5 Å². The Bertz CT molecular complexity index is 1350. The van der Waals surface area contributed by atoms with E-state index >= 15 is 0 Å². The number of benzene rings is 2. The molecule has 2 aromatic heterocycles. The molecular formula is C24H23N5O3. The van der Waals surface area contributed by atoms with Crippen LogP contribution in [0.1, 0.15) is 24.6 Å².